The van der Waals surface area contributed by atoms with Crippen molar-refractivity contribution >= 4 is 0 Å². The molecule has 0 aromatic heterocycles. The molecule has 0 amide bonds. The number of benzene rings is 2. The van der Waals surface area contributed by atoms with Gasteiger partial charge in [-0.2, -0.15) is 0 Å². The van der Waals surface area contributed by atoms with E-state index >= 15 is 0 Å². The first-order chi connectivity index (χ1) is 11.4. The molecular formula is C23H31N. The third-order valence-electron chi connectivity index (χ3n) is 4.48. The third-order valence-corrected chi connectivity index (χ3v) is 4.48. The van der Waals surface area contributed by atoms with Crippen LogP contribution in [0.4, 0.5) is 0 Å². The molecule has 1 nitrogen and oxygen atoms in total. The zero-order valence-corrected chi connectivity index (χ0v) is 15.8. The number of rotatable bonds is 7. The Balaban J connectivity index is 2.00. The number of allylic oxidation sites excluding steroid dienone is 1. The first-order valence-electron chi connectivity index (χ1n) is 8.94. The molecule has 0 saturated heterocycles. The highest BCUT2D eigenvalue weighted by molar-refractivity contribution is 5.25. The van der Waals surface area contributed by atoms with E-state index in [4.69, 9.17) is 0 Å². The van der Waals surface area contributed by atoms with Gasteiger partial charge >= 0.3 is 0 Å². The summed E-state index contributed by atoms with van der Waals surface area (Å²) in [5, 5.41) is 3.72. The zero-order chi connectivity index (χ0) is 17.5. The van der Waals surface area contributed by atoms with Gasteiger partial charge in [0.15, 0.2) is 0 Å². The average molecular weight is 322 g/mol. The van der Waals surface area contributed by atoms with E-state index in [1.807, 2.05) is 0 Å². The van der Waals surface area contributed by atoms with Crippen molar-refractivity contribution in [3.05, 3.63) is 82.4 Å². The van der Waals surface area contributed by atoms with E-state index in [0.29, 0.717) is 12.0 Å². The van der Waals surface area contributed by atoms with Crippen molar-refractivity contribution in [2.24, 2.45) is 0 Å². The molecule has 2 aromatic carbocycles. The van der Waals surface area contributed by atoms with Gasteiger partial charge in [-0.15, -0.1) is 0 Å². The number of hydrogen-bond acceptors (Lipinski definition) is 1. The van der Waals surface area contributed by atoms with Crippen LogP contribution in [0.3, 0.4) is 0 Å². The summed E-state index contributed by atoms with van der Waals surface area (Å²) >= 11 is 0. The van der Waals surface area contributed by atoms with Crippen molar-refractivity contribution in [2.45, 2.75) is 59.5 Å². The Morgan fingerprint density at radius 2 is 1.46 bits per heavy atom. The Kier molecular flexibility index (Phi) is 6.81. The Hall–Kier alpha value is -1.86. The van der Waals surface area contributed by atoms with E-state index in [9.17, 15) is 0 Å². The van der Waals surface area contributed by atoms with E-state index in [1.54, 1.807) is 0 Å². The topological polar surface area (TPSA) is 12.0 Å². The summed E-state index contributed by atoms with van der Waals surface area (Å²) in [4.78, 5) is 0. The maximum Gasteiger partial charge on any atom is 0.0261 e. The molecule has 24 heavy (non-hydrogen) atoms. The Bertz CT molecular complexity index is 645. The third kappa shape index (κ3) is 5.98. The summed E-state index contributed by atoms with van der Waals surface area (Å²) in [6.45, 7) is 11.9. The summed E-state index contributed by atoms with van der Waals surface area (Å²) in [5.74, 6) is 0.539. The van der Waals surface area contributed by atoms with Crippen molar-refractivity contribution < 1.29 is 0 Å². The average Bonchev–Trinajstić information content (AvgIpc) is 2.54. The SMILES string of the molecule is CC(C)=CC(C[C@H](C)c1ccc(C)cc1)NCc1ccc(C)cc1. The van der Waals surface area contributed by atoms with Gasteiger partial charge in [-0.3, -0.25) is 0 Å². The largest absolute Gasteiger partial charge is 0.306 e. The summed E-state index contributed by atoms with van der Waals surface area (Å²) in [5.41, 5.74) is 6.77. The van der Waals surface area contributed by atoms with Crippen molar-refractivity contribution in [2.75, 3.05) is 0 Å². The van der Waals surface area contributed by atoms with Crippen LogP contribution in [0, 0.1) is 13.8 Å². The van der Waals surface area contributed by atoms with Gasteiger partial charge < -0.3 is 5.32 Å². The maximum absolute atomic E-state index is 3.72. The predicted molar refractivity (Wildman–Crippen MR) is 105 cm³/mol. The maximum atomic E-state index is 3.72. The van der Waals surface area contributed by atoms with Crippen LogP contribution in [-0.4, -0.2) is 6.04 Å². The smallest absolute Gasteiger partial charge is 0.0261 e. The van der Waals surface area contributed by atoms with Crippen molar-refractivity contribution in [1.29, 1.82) is 0 Å². The van der Waals surface area contributed by atoms with Crippen LogP contribution < -0.4 is 5.32 Å². The molecule has 2 atom stereocenters. The lowest BCUT2D eigenvalue weighted by atomic mass is 9.92. The fourth-order valence-corrected chi connectivity index (χ4v) is 2.98. The molecule has 0 bridgehead atoms. The highest BCUT2D eigenvalue weighted by Crippen LogP contribution is 2.22. The predicted octanol–water partition coefficient (Wildman–Crippen LogP) is 5.92. The molecule has 0 fully saturated rings. The lowest BCUT2D eigenvalue weighted by Gasteiger charge is -2.21. The minimum atomic E-state index is 0.396. The molecule has 0 radical (unpaired) electrons. The van der Waals surface area contributed by atoms with Crippen molar-refractivity contribution in [3.63, 3.8) is 0 Å². The molecule has 1 unspecified atom stereocenters. The molecule has 128 valence electrons. The van der Waals surface area contributed by atoms with Crippen molar-refractivity contribution in [1.82, 2.24) is 5.32 Å². The van der Waals surface area contributed by atoms with Gasteiger partial charge in [-0.1, -0.05) is 78.2 Å². The number of aryl methyl sites for hydroxylation is 2. The van der Waals surface area contributed by atoms with E-state index in [0.717, 1.165) is 13.0 Å². The van der Waals surface area contributed by atoms with Crippen LogP contribution in [0.15, 0.2) is 60.2 Å². The lowest BCUT2D eigenvalue weighted by Crippen LogP contribution is -2.28. The first kappa shape index (κ1) is 18.5. The minimum absolute atomic E-state index is 0.396. The highest BCUT2D eigenvalue weighted by atomic mass is 14.9. The number of nitrogens with one attached hydrogen (secondary N) is 1. The van der Waals surface area contributed by atoms with Crippen molar-refractivity contribution in [3.8, 4) is 0 Å². The molecule has 2 aromatic rings. The van der Waals surface area contributed by atoms with Crippen LogP contribution in [0.1, 0.15) is 55.4 Å². The summed E-state index contributed by atoms with van der Waals surface area (Å²) in [6, 6.07) is 18.1. The molecular weight excluding hydrogens is 290 g/mol. The van der Waals surface area contributed by atoms with Crippen LogP contribution in [0.5, 0.6) is 0 Å². The molecule has 0 heterocycles. The zero-order valence-electron chi connectivity index (χ0n) is 15.8. The van der Waals surface area contributed by atoms with E-state index in [1.165, 1.54) is 27.8 Å². The number of hydrogen-bond donors (Lipinski definition) is 1. The molecule has 1 heteroatoms. The second-order valence-electron chi connectivity index (χ2n) is 7.26. The quantitative estimate of drug-likeness (QED) is 0.624. The van der Waals surface area contributed by atoms with Crippen LogP contribution in [-0.2, 0) is 6.54 Å². The second kappa shape index (κ2) is 8.84. The van der Waals surface area contributed by atoms with Crippen LogP contribution >= 0.6 is 0 Å². The molecule has 0 aliphatic heterocycles. The van der Waals surface area contributed by atoms with Crippen LogP contribution in [0.2, 0.25) is 0 Å². The minimum Gasteiger partial charge on any atom is -0.306 e. The Labute approximate surface area is 147 Å². The summed E-state index contributed by atoms with van der Waals surface area (Å²) < 4.78 is 0. The van der Waals surface area contributed by atoms with E-state index in [2.05, 4.69) is 94.5 Å². The monoisotopic (exact) mass is 321 g/mol. The highest BCUT2D eigenvalue weighted by Gasteiger charge is 2.12. The second-order valence-corrected chi connectivity index (χ2v) is 7.26. The molecule has 0 aliphatic carbocycles. The van der Waals surface area contributed by atoms with Gasteiger partial charge in [0, 0.05) is 12.6 Å². The van der Waals surface area contributed by atoms with Gasteiger partial charge in [0.25, 0.3) is 0 Å². The van der Waals surface area contributed by atoms with Gasteiger partial charge in [-0.05, 0) is 51.2 Å². The molecule has 0 aliphatic rings. The Morgan fingerprint density at radius 3 is 2.00 bits per heavy atom. The van der Waals surface area contributed by atoms with Crippen LogP contribution in [0.25, 0.3) is 0 Å². The van der Waals surface area contributed by atoms with Gasteiger partial charge in [0.1, 0.15) is 0 Å². The standard InChI is InChI=1S/C23H31N/c1-17(2)14-23(24-16-21-10-6-18(3)7-11-21)15-20(5)22-12-8-19(4)9-13-22/h6-14,20,23-24H,15-16H2,1-5H3/t20-,23?/m0/s1. The Morgan fingerprint density at radius 1 is 0.917 bits per heavy atom. The van der Waals surface area contributed by atoms with E-state index in [-0.39, 0.29) is 0 Å². The van der Waals surface area contributed by atoms with Gasteiger partial charge in [0.2, 0.25) is 0 Å². The van der Waals surface area contributed by atoms with Gasteiger partial charge in [0.05, 0.1) is 0 Å². The first-order valence-corrected chi connectivity index (χ1v) is 8.94. The fraction of sp³-hybridized carbons (Fsp3) is 0.391. The molecule has 0 spiro atoms. The van der Waals surface area contributed by atoms with E-state index < -0.39 is 0 Å². The fourth-order valence-electron chi connectivity index (χ4n) is 2.98. The molecule has 2 rings (SSSR count). The summed E-state index contributed by atoms with van der Waals surface area (Å²) in [7, 11) is 0. The normalized spacial score (nSPS) is 13.4. The summed E-state index contributed by atoms with van der Waals surface area (Å²) in [6.07, 6.45) is 3.47. The lowest BCUT2D eigenvalue weighted by molar-refractivity contribution is 0.512. The van der Waals surface area contributed by atoms with Gasteiger partial charge in [-0.25, -0.2) is 0 Å². The molecule has 0 saturated carbocycles. The molecule has 1 N–H and O–H groups in total.